The fourth-order valence-corrected chi connectivity index (χ4v) is 5.25. The summed E-state index contributed by atoms with van der Waals surface area (Å²) in [5, 5.41) is 7.29. The summed E-state index contributed by atoms with van der Waals surface area (Å²) in [6.45, 7) is 5.10. The number of pyridine rings is 1. The molecule has 1 saturated carbocycles. The minimum absolute atomic E-state index is 0.143. The van der Waals surface area contributed by atoms with Gasteiger partial charge in [-0.1, -0.05) is 18.5 Å². The molecule has 8 nitrogen and oxygen atoms in total. The van der Waals surface area contributed by atoms with E-state index in [4.69, 9.17) is 11.6 Å². The van der Waals surface area contributed by atoms with Gasteiger partial charge >= 0.3 is 0 Å². The van der Waals surface area contributed by atoms with Gasteiger partial charge in [0.25, 0.3) is 0 Å². The number of H-pyrrole nitrogens is 1. The second kappa shape index (κ2) is 9.65. The summed E-state index contributed by atoms with van der Waals surface area (Å²) in [6.07, 6.45) is 10.1. The van der Waals surface area contributed by atoms with Gasteiger partial charge in [-0.25, -0.2) is 9.97 Å². The van der Waals surface area contributed by atoms with Crippen LogP contribution in [0.3, 0.4) is 0 Å². The zero-order valence-corrected chi connectivity index (χ0v) is 19.6. The first-order valence-electron chi connectivity index (χ1n) is 11.8. The Morgan fingerprint density at radius 2 is 1.94 bits per heavy atom. The Morgan fingerprint density at radius 1 is 1.15 bits per heavy atom. The van der Waals surface area contributed by atoms with E-state index in [1.54, 1.807) is 12.4 Å². The van der Waals surface area contributed by atoms with Gasteiger partial charge in [0.2, 0.25) is 5.91 Å². The number of carbonyl (C=O) groups excluding carboxylic acids is 1. The molecule has 2 fully saturated rings. The Morgan fingerprint density at radius 3 is 2.73 bits per heavy atom. The number of fused-ring (bicyclic) bond motifs is 1. The van der Waals surface area contributed by atoms with Crippen LogP contribution in [0.5, 0.6) is 0 Å². The molecule has 33 heavy (non-hydrogen) atoms. The molecule has 1 saturated heterocycles. The Bertz CT molecular complexity index is 1120. The first-order chi connectivity index (χ1) is 16.1. The fourth-order valence-electron chi connectivity index (χ4n) is 5.04. The summed E-state index contributed by atoms with van der Waals surface area (Å²) >= 11 is 6.35. The highest BCUT2D eigenvalue weighted by atomic mass is 35.5. The lowest BCUT2D eigenvalue weighted by molar-refractivity contribution is -0.125. The number of anilines is 1. The molecule has 5 rings (SSSR count). The van der Waals surface area contributed by atoms with E-state index < -0.39 is 0 Å². The summed E-state index contributed by atoms with van der Waals surface area (Å²) < 4.78 is 0. The molecule has 3 aromatic heterocycles. The van der Waals surface area contributed by atoms with E-state index in [0.29, 0.717) is 11.2 Å². The number of hydrogen-bond acceptors (Lipinski definition) is 6. The number of rotatable bonds is 6. The SMILES string of the molecule is CCN1CCC(C(=O)NC2CCC(Nc3cc(-c4c[nH]c5nccnc45)cc(Cl)n3)CC2)C1. The van der Waals surface area contributed by atoms with Crippen LogP contribution in [0.15, 0.2) is 30.7 Å². The molecule has 4 heterocycles. The number of amides is 1. The van der Waals surface area contributed by atoms with Crippen molar-refractivity contribution in [1.82, 2.24) is 30.2 Å². The molecule has 1 atom stereocenters. The maximum absolute atomic E-state index is 12.6. The first-order valence-corrected chi connectivity index (χ1v) is 12.2. The van der Waals surface area contributed by atoms with Crippen LogP contribution in [-0.4, -0.2) is 62.5 Å². The number of halogens is 1. The van der Waals surface area contributed by atoms with E-state index in [-0.39, 0.29) is 17.9 Å². The van der Waals surface area contributed by atoms with Crippen LogP contribution in [0.4, 0.5) is 5.82 Å². The summed E-state index contributed by atoms with van der Waals surface area (Å²) in [6, 6.07) is 4.43. The molecule has 0 bridgehead atoms. The predicted molar refractivity (Wildman–Crippen MR) is 130 cm³/mol. The van der Waals surface area contributed by atoms with Crippen molar-refractivity contribution in [1.29, 1.82) is 0 Å². The normalized spacial score (nSPS) is 23.6. The third-order valence-electron chi connectivity index (χ3n) is 6.93. The Hall–Kier alpha value is -2.71. The van der Waals surface area contributed by atoms with E-state index in [1.807, 2.05) is 18.3 Å². The van der Waals surface area contributed by atoms with E-state index in [9.17, 15) is 4.79 Å². The highest BCUT2D eigenvalue weighted by molar-refractivity contribution is 6.29. The van der Waals surface area contributed by atoms with Gasteiger partial charge in [0.1, 0.15) is 16.5 Å². The molecular weight excluding hydrogens is 438 g/mol. The van der Waals surface area contributed by atoms with Crippen molar-refractivity contribution in [3.63, 3.8) is 0 Å². The molecule has 3 N–H and O–H groups in total. The molecule has 0 radical (unpaired) electrons. The van der Waals surface area contributed by atoms with Gasteiger partial charge in [0.05, 0.1) is 5.92 Å². The number of likely N-dealkylation sites (tertiary alicyclic amines) is 1. The van der Waals surface area contributed by atoms with Gasteiger partial charge < -0.3 is 20.5 Å². The number of aromatic nitrogens is 4. The molecule has 1 aliphatic carbocycles. The number of hydrogen-bond donors (Lipinski definition) is 3. The second-order valence-corrected chi connectivity index (χ2v) is 9.49. The van der Waals surface area contributed by atoms with Crippen molar-refractivity contribution in [2.45, 2.75) is 51.1 Å². The average Bonchev–Trinajstić information content (AvgIpc) is 3.47. The number of aromatic amines is 1. The standard InChI is InChI=1S/C24H30ClN7O/c1-2-32-10-7-15(14-32)24(33)30-18-5-3-17(4-6-18)29-21-12-16(11-20(25)31-21)19-13-28-23-22(19)26-8-9-27-23/h8-9,11-13,15,17-18H,2-7,10,14H2,1H3,(H,27,28)(H,29,31)(H,30,33). The molecule has 1 unspecified atom stereocenters. The first kappa shape index (κ1) is 22.1. The van der Waals surface area contributed by atoms with Crippen molar-refractivity contribution in [3.8, 4) is 11.1 Å². The topological polar surface area (TPSA) is 98.8 Å². The summed E-state index contributed by atoms with van der Waals surface area (Å²) in [5.41, 5.74) is 3.45. The quantitative estimate of drug-likeness (QED) is 0.476. The van der Waals surface area contributed by atoms with Gasteiger partial charge in [-0.05, 0) is 62.9 Å². The zero-order valence-electron chi connectivity index (χ0n) is 18.9. The minimum Gasteiger partial charge on any atom is -0.367 e. The molecule has 0 spiro atoms. The summed E-state index contributed by atoms with van der Waals surface area (Å²) in [5.74, 6) is 1.13. The molecule has 174 valence electrons. The third-order valence-corrected chi connectivity index (χ3v) is 7.12. The molecule has 9 heteroatoms. The van der Waals surface area contributed by atoms with Crippen molar-refractivity contribution in [2.24, 2.45) is 5.92 Å². The van der Waals surface area contributed by atoms with E-state index in [2.05, 4.69) is 42.4 Å². The maximum atomic E-state index is 12.6. The van der Waals surface area contributed by atoms with Crippen molar-refractivity contribution in [2.75, 3.05) is 25.0 Å². The monoisotopic (exact) mass is 467 g/mol. The molecule has 3 aromatic rings. The van der Waals surface area contributed by atoms with Gasteiger partial charge in [-0.15, -0.1) is 0 Å². The van der Waals surface area contributed by atoms with Crippen molar-refractivity contribution >= 4 is 34.5 Å². The smallest absolute Gasteiger partial charge is 0.224 e. The van der Waals surface area contributed by atoms with Crippen LogP contribution < -0.4 is 10.6 Å². The number of carbonyl (C=O) groups is 1. The zero-order chi connectivity index (χ0) is 22.8. The summed E-state index contributed by atoms with van der Waals surface area (Å²) in [7, 11) is 0. The van der Waals surface area contributed by atoms with Crippen molar-refractivity contribution in [3.05, 3.63) is 35.9 Å². The highest BCUT2D eigenvalue weighted by Crippen LogP contribution is 2.31. The lowest BCUT2D eigenvalue weighted by atomic mass is 9.90. The number of nitrogens with one attached hydrogen (secondary N) is 3. The minimum atomic E-state index is 0.143. The van der Waals surface area contributed by atoms with E-state index in [0.717, 1.165) is 79.8 Å². The van der Waals surface area contributed by atoms with Crippen LogP contribution in [0, 0.1) is 5.92 Å². The van der Waals surface area contributed by atoms with E-state index >= 15 is 0 Å². The van der Waals surface area contributed by atoms with Crippen LogP contribution in [0.25, 0.3) is 22.3 Å². The van der Waals surface area contributed by atoms with Gasteiger partial charge in [-0.2, -0.15) is 0 Å². The van der Waals surface area contributed by atoms with Gasteiger partial charge in [-0.3, -0.25) is 9.78 Å². The fraction of sp³-hybridized carbons (Fsp3) is 0.500. The van der Waals surface area contributed by atoms with Crippen LogP contribution in [0.2, 0.25) is 5.15 Å². The lowest BCUT2D eigenvalue weighted by Crippen LogP contribution is -2.43. The van der Waals surface area contributed by atoms with Gasteiger partial charge in [0, 0.05) is 42.8 Å². The highest BCUT2D eigenvalue weighted by Gasteiger charge is 2.30. The third kappa shape index (κ3) is 4.96. The van der Waals surface area contributed by atoms with Crippen LogP contribution in [-0.2, 0) is 4.79 Å². The average molecular weight is 468 g/mol. The largest absolute Gasteiger partial charge is 0.367 e. The van der Waals surface area contributed by atoms with Gasteiger partial charge in [0.15, 0.2) is 5.65 Å². The number of nitrogens with zero attached hydrogens (tertiary/aromatic N) is 4. The van der Waals surface area contributed by atoms with E-state index in [1.165, 1.54) is 0 Å². The van der Waals surface area contributed by atoms with Crippen LogP contribution >= 0.6 is 11.6 Å². The maximum Gasteiger partial charge on any atom is 0.224 e. The summed E-state index contributed by atoms with van der Waals surface area (Å²) in [4.78, 5) is 31.4. The Labute approximate surface area is 198 Å². The Kier molecular flexibility index (Phi) is 6.46. The predicted octanol–water partition coefficient (Wildman–Crippen LogP) is 3.85. The molecule has 2 aliphatic rings. The van der Waals surface area contributed by atoms with Crippen molar-refractivity contribution < 1.29 is 4.79 Å². The second-order valence-electron chi connectivity index (χ2n) is 9.10. The molecule has 0 aromatic carbocycles. The lowest BCUT2D eigenvalue weighted by Gasteiger charge is -2.30. The Balaban J connectivity index is 1.19. The molecule has 1 aliphatic heterocycles. The van der Waals surface area contributed by atoms with Crippen LogP contribution in [0.1, 0.15) is 39.0 Å². The molecule has 1 amide bonds. The molecular formula is C24H30ClN7O.